The van der Waals surface area contributed by atoms with Gasteiger partial charge in [-0.15, -0.1) is 0 Å². The van der Waals surface area contributed by atoms with Gasteiger partial charge in [0, 0.05) is 19.1 Å². The number of aliphatic hydroxyl groups excluding tert-OH is 1. The van der Waals surface area contributed by atoms with Crippen LogP contribution in [0.2, 0.25) is 0 Å². The summed E-state index contributed by atoms with van der Waals surface area (Å²) in [6.07, 6.45) is 1.29. The van der Waals surface area contributed by atoms with Gasteiger partial charge in [0.1, 0.15) is 0 Å². The summed E-state index contributed by atoms with van der Waals surface area (Å²) in [4.78, 5) is 2.37. The highest BCUT2D eigenvalue weighted by Crippen LogP contribution is 2.23. The van der Waals surface area contributed by atoms with Crippen molar-refractivity contribution in [1.82, 2.24) is 4.90 Å². The molecule has 1 fully saturated rings. The van der Waals surface area contributed by atoms with Crippen LogP contribution in [0, 0.1) is 11.8 Å². The lowest BCUT2D eigenvalue weighted by Crippen LogP contribution is -2.38. The highest BCUT2D eigenvalue weighted by Gasteiger charge is 2.25. The Labute approximate surface area is 80.9 Å². The predicted octanol–water partition coefficient (Wildman–Crippen LogP) is 0.284. The number of likely N-dealkylation sites (tertiary alicyclic amines) is 1. The van der Waals surface area contributed by atoms with Gasteiger partial charge in [0.2, 0.25) is 0 Å². The quantitative estimate of drug-likeness (QED) is 0.663. The van der Waals surface area contributed by atoms with E-state index in [-0.39, 0.29) is 12.6 Å². The van der Waals surface area contributed by atoms with Crippen LogP contribution in [0.1, 0.15) is 20.3 Å². The third-order valence-electron chi connectivity index (χ3n) is 2.98. The van der Waals surface area contributed by atoms with Gasteiger partial charge in [0.25, 0.3) is 0 Å². The van der Waals surface area contributed by atoms with Crippen LogP contribution in [0.3, 0.4) is 0 Å². The molecule has 3 heteroatoms. The van der Waals surface area contributed by atoms with Crippen molar-refractivity contribution in [3.05, 3.63) is 0 Å². The van der Waals surface area contributed by atoms with Crippen LogP contribution in [-0.4, -0.2) is 42.3 Å². The molecule has 3 N–H and O–H groups in total. The van der Waals surface area contributed by atoms with Crippen LogP contribution >= 0.6 is 0 Å². The first-order valence-electron chi connectivity index (χ1n) is 5.22. The molecule has 0 radical (unpaired) electrons. The van der Waals surface area contributed by atoms with Crippen LogP contribution in [0.15, 0.2) is 0 Å². The van der Waals surface area contributed by atoms with Crippen molar-refractivity contribution < 1.29 is 5.11 Å². The van der Waals surface area contributed by atoms with Crippen LogP contribution in [0.4, 0.5) is 0 Å². The number of rotatable bonds is 4. The number of hydrogen-bond acceptors (Lipinski definition) is 3. The van der Waals surface area contributed by atoms with Crippen LogP contribution in [0.25, 0.3) is 0 Å². The molecule has 78 valence electrons. The van der Waals surface area contributed by atoms with E-state index >= 15 is 0 Å². The maximum Gasteiger partial charge on any atom is 0.0595 e. The largest absolute Gasteiger partial charge is 0.395 e. The zero-order valence-electron chi connectivity index (χ0n) is 8.74. The first-order chi connectivity index (χ1) is 6.13. The highest BCUT2D eigenvalue weighted by atomic mass is 16.3. The smallest absolute Gasteiger partial charge is 0.0595 e. The average Bonchev–Trinajstić information content (AvgIpc) is 2.52. The van der Waals surface area contributed by atoms with Crippen molar-refractivity contribution in [1.29, 1.82) is 0 Å². The molecular weight excluding hydrogens is 164 g/mol. The fourth-order valence-electron chi connectivity index (χ4n) is 1.96. The van der Waals surface area contributed by atoms with Crippen molar-refractivity contribution in [2.75, 3.05) is 26.2 Å². The van der Waals surface area contributed by atoms with Crippen molar-refractivity contribution in [3.8, 4) is 0 Å². The molecule has 13 heavy (non-hydrogen) atoms. The molecule has 2 atom stereocenters. The summed E-state index contributed by atoms with van der Waals surface area (Å²) in [6, 6.07) is -0.0640. The van der Waals surface area contributed by atoms with E-state index in [4.69, 9.17) is 10.8 Å². The molecule has 0 aliphatic carbocycles. The first kappa shape index (κ1) is 11.0. The van der Waals surface area contributed by atoms with Gasteiger partial charge in [-0.1, -0.05) is 13.8 Å². The van der Waals surface area contributed by atoms with E-state index in [1.54, 1.807) is 0 Å². The molecule has 0 saturated carbocycles. The molecule has 1 rings (SSSR count). The van der Waals surface area contributed by atoms with Crippen molar-refractivity contribution in [3.63, 3.8) is 0 Å². The van der Waals surface area contributed by atoms with E-state index in [0.29, 0.717) is 0 Å². The Morgan fingerprint density at radius 2 is 2.23 bits per heavy atom. The van der Waals surface area contributed by atoms with E-state index < -0.39 is 0 Å². The summed E-state index contributed by atoms with van der Waals surface area (Å²) in [6.45, 7) is 7.81. The molecule has 0 spiro atoms. The van der Waals surface area contributed by atoms with E-state index in [1.165, 1.54) is 6.42 Å². The van der Waals surface area contributed by atoms with Crippen LogP contribution < -0.4 is 5.73 Å². The third-order valence-corrected chi connectivity index (χ3v) is 2.98. The van der Waals surface area contributed by atoms with E-state index in [2.05, 4.69) is 18.7 Å². The Morgan fingerprint density at radius 1 is 1.54 bits per heavy atom. The molecule has 0 aromatic heterocycles. The van der Waals surface area contributed by atoms with Crippen LogP contribution in [0.5, 0.6) is 0 Å². The summed E-state index contributed by atoms with van der Waals surface area (Å²) in [5.41, 5.74) is 5.68. The van der Waals surface area contributed by atoms with E-state index in [0.717, 1.165) is 31.5 Å². The summed E-state index contributed by atoms with van der Waals surface area (Å²) < 4.78 is 0. The average molecular weight is 186 g/mol. The van der Waals surface area contributed by atoms with E-state index in [9.17, 15) is 0 Å². The summed E-state index contributed by atoms with van der Waals surface area (Å²) in [5, 5.41) is 8.82. The second-order valence-corrected chi connectivity index (χ2v) is 4.50. The molecule has 0 aromatic carbocycles. The summed E-state index contributed by atoms with van der Waals surface area (Å²) in [7, 11) is 0. The van der Waals surface area contributed by atoms with Gasteiger partial charge >= 0.3 is 0 Å². The number of hydrogen-bond donors (Lipinski definition) is 2. The predicted molar refractivity (Wildman–Crippen MR) is 54.4 cm³/mol. The Hall–Kier alpha value is -0.120. The van der Waals surface area contributed by atoms with Crippen molar-refractivity contribution in [2.45, 2.75) is 26.3 Å². The maximum atomic E-state index is 8.82. The second-order valence-electron chi connectivity index (χ2n) is 4.50. The molecule has 2 unspecified atom stereocenters. The summed E-state index contributed by atoms with van der Waals surface area (Å²) >= 11 is 0. The maximum absolute atomic E-state index is 8.82. The molecule has 0 bridgehead atoms. The number of nitrogens with two attached hydrogens (primary N) is 1. The number of nitrogens with zero attached hydrogens (tertiary/aromatic N) is 1. The second kappa shape index (κ2) is 4.94. The van der Waals surface area contributed by atoms with Gasteiger partial charge in [-0.05, 0) is 24.8 Å². The molecule has 1 heterocycles. The fraction of sp³-hybridized carbons (Fsp3) is 1.00. The zero-order chi connectivity index (χ0) is 9.84. The van der Waals surface area contributed by atoms with Gasteiger partial charge in [0.15, 0.2) is 0 Å². The highest BCUT2D eigenvalue weighted by molar-refractivity contribution is 4.79. The monoisotopic (exact) mass is 186 g/mol. The van der Waals surface area contributed by atoms with E-state index in [1.807, 2.05) is 0 Å². The Balaban J connectivity index is 2.25. The van der Waals surface area contributed by atoms with Gasteiger partial charge < -0.3 is 15.7 Å². The first-order valence-corrected chi connectivity index (χ1v) is 5.22. The van der Waals surface area contributed by atoms with Gasteiger partial charge in [-0.2, -0.15) is 0 Å². The molecule has 0 aromatic rings. The minimum absolute atomic E-state index is 0.0640. The normalized spacial score (nSPS) is 27.0. The lowest BCUT2D eigenvalue weighted by atomic mass is 9.95. The lowest BCUT2D eigenvalue weighted by Gasteiger charge is -2.20. The zero-order valence-corrected chi connectivity index (χ0v) is 8.74. The lowest BCUT2D eigenvalue weighted by molar-refractivity contribution is 0.215. The Bertz CT molecular complexity index is 150. The third kappa shape index (κ3) is 3.25. The SMILES string of the molecule is CC(C)C1CCN(CC(N)CO)C1. The standard InChI is InChI=1S/C10H22N2O/c1-8(2)9-3-4-12(5-9)6-10(11)7-13/h8-10,13H,3-7,11H2,1-2H3. The molecular formula is C10H22N2O. The topological polar surface area (TPSA) is 49.5 Å². The molecule has 0 amide bonds. The minimum atomic E-state index is -0.0640. The minimum Gasteiger partial charge on any atom is -0.395 e. The summed E-state index contributed by atoms with van der Waals surface area (Å²) in [5.74, 6) is 1.60. The van der Waals surface area contributed by atoms with Gasteiger partial charge in [-0.3, -0.25) is 0 Å². The van der Waals surface area contributed by atoms with Crippen molar-refractivity contribution >= 4 is 0 Å². The molecule has 3 nitrogen and oxygen atoms in total. The molecule has 1 saturated heterocycles. The Kier molecular flexibility index (Phi) is 4.16. The number of aliphatic hydroxyl groups is 1. The fourth-order valence-corrected chi connectivity index (χ4v) is 1.96. The van der Waals surface area contributed by atoms with Gasteiger partial charge in [-0.25, -0.2) is 0 Å². The molecule has 1 aliphatic rings. The molecule has 1 aliphatic heterocycles. The van der Waals surface area contributed by atoms with Crippen LogP contribution in [-0.2, 0) is 0 Å². The van der Waals surface area contributed by atoms with Gasteiger partial charge in [0.05, 0.1) is 6.61 Å². The Morgan fingerprint density at radius 3 is 2.69 bits per heavy atom. The van der Waals surface area contributed by atoms with Crippen molar-refractivity contribution in [2.24, 2.45) is 17.6 Å².